The van der Waals surface area contributed by atoms with E-state index in [0.29, 0.717) is 6.73 Å². The smallest absolute Gasteiger partial charge is 0.399 e. The first-order valence-electron chi connectivity index (χ1n) is 9.91. The van der Waals surface area contributed by atoms with Crippen LogP contribution in [0.3, 0.4) is 0 Å². The van der Waals surface area contributed by atoms with Crippen LogP contribution in [0.4, 0.5) is 0 Å². The number of hydrogen-bond acceptors (Lipinski definition) is 5. The fraction of sp³-hybridized carbons (Fsp3) is 0.600. The highest BCUT2D eigenvalue weighted by atomic mass is 28.3. The molecule has 1 aliphatic heterocycles. The number of nitrogens with zero attached hydrogens (tertiary/aromatic N) is 3. The first kappa shape index (κ1) is 21.2. The van der Waals surface area contributed by atoms with Crippen LogP contribution in [0.1, 0.15) is 27.7 Å². The highest BCUT2D eigenvalue weighted by Crippen LogP contribution is 2.36. The summed E-state index contributed by atoms with van der Waals surface area (Å²) >= 11 is 0. The Balaban J connectivity index is 1.60. The lowest BCUT2D eigenvalue weighted by molar-refractivity contribution is 0.00578. The topological polar surface area (TPSA) is 58.4 Å². The van der Waals surface area contributed by atoms with E-state index in [-0.39, 0.29) is 18.3 Å². The Morgan fingerprint density at radius 3 is 2.21 bits per heavy atom. The van der Waals surface area contributed by atoms with Crippen LogP contribution in [0.2, 0.25) is 25.7 Å². The second-order valence-corrected chi connectivity index (χ2v) is 15.3. The van der Waals surface area contributed by atoms with Crippen molar-refractivity contribution in [2.45, 2.75) is 71.3 Å². The first-order chi connectivity index (χ1) is 13.0. The van der Waals surface area contributed by atoms with Gasteiger partial charge in [0.15, 0.2) is 0 Å². The molecule has 0 spiro atoms. The molecule has 152 valence electrons. The molecule has 0 amide bonds. The quantitative estimate of drug-likeness (QED) is 0.525. The van der Waals surface area contributed by atoms with E-state index in [2.05, 4.69) is 57.6 Å². The normalized spacial score (nSPS) is 18.6. The zero-order valence-corrected chi connectivity index (χ0v) is 19.2. The number of aromatic nitrogens is 3. The van der Waals surface area contributed by atoms with Crippen LogP contribution in [0.25, 0.3) is 11.3 Å². The summed E-state index contributed by atoms with van der Waals surface area (Å²) in [5.74, 6) is 0. The summed E-state index contributed by atoms with van der Waals surface area (Å²) in [6.45, 7) is 16.5. The van der Waals surface area contributed by atoms with Gasteiger partial charge < -0.3 is 14.0 Å². The lowest BCUT2D eigenvalue weighted by Gasteiger charge is -2.32. The van der Waals surface area contributed by atoms with E-state index in [1.807, 2.05) is 30.5 Å². The number of ether oxygens (including phenoxy) is 1. The van der Waals surface area contributed by atoms with Crippen molar-refractivity contribution in [2.75, 3.05) is 6.61 Å². The summed E-state index contributed by atoms with van der Waals surface area (Å²) in [4.78, 5) is 0. The van der Waals surface area contributed by atoms with Gasteiger partial charge in [0.05, 0.1) is 17.4 Å². The van der Waals surface area contributed by atoms with Crippen molar-refractivity contribution < 1.29 is 14.0 Å². The zero-order valence-electron chi connectivity index (χ0n) is 18.2. The highest BCUT2D eigenvalue weighted by Gasteiger charge is 2.51. The van der Waals surface area contributed by atoms with E-state index in [1.165, 1.54) is 0 Å². The molecular formula is C20H32BN3O3Si. The summed E-state index contributed by atoms with van der Waals surface area (Å²) < 4.78 is 19.7. The van der Waals surface area contributed by atoms with Crippen LogP contribution in [0, 0.1) is 0 Å². The molecule has 1 aromatic carbocycles. The Labute approximate surface area is 169 Å². The highest BCUT2D eigenvalue weighted by molar-refractivity contribution is 6.76. The Hall–Kier alpha value is -1.48. The molecule has 1 aliphatic rings. The molecule has 28 heavy (non-hydrogen) atoms. The van der Waals surface area contributed by atoms with Crippen LogP contribution < -0.4 is 5.46 Å². The van der Waals surface area contributed by atoms with Crippen molar-refractivity contribution >= 4 is 20.7 Å². The van der Waals surface area contributed by atoms with Gasteiger partial charge in [-0.1, -0.05) is 49.1 Å². The minimum Gasteiger partial charge on any atom is -0.399 e. The molecule has 0 saturated carbocycles. The molecule has 1 saturated heterocycles. The maximum Gasteiger partial charge on any atom is 0.494 e. The van der Waals surface area contributed by atoms with E-state index >= 15 is 0 Å². The van der Waals surface area contributed by atoms with Crippen LogP contribution in [0.15, 0.2) is 30.5 Å². The van der Waals surface area contributed by atoms with Crippen LogP contribution >= 0.6 is 0 Å². The van der Waals surface area contributed by atoms with Gasteiger partial charge in [0.2, 0.25) is 0 Å². The van der Waals surface area contributed by atoms with Gasteiger partial charge in [0.25, 0.3) is 0 Å². The van der Waals surface area contributed by atoms with Gasteiger partial charge in [-0.15, -0.1) is 5.10 Å². The predicted molar refractivity (Wildman–Crippen MR) is 115 cm³/mol. The van der Waals surface area contributed by atoms with Gasteiger partial charge in [0.1, 0.15) is 12.4 Å². The van der Waals surface area contributed by atoms with E-state index in [9.17, 15) is 0 Å². The van der Waals surface area contributed by atoms with Crippen LogP contribution in [-0.4, -0.2) is 48.0 Å². The molecule has 6 nitrogen and oxygen atoms in total. The molecule has 0 bridgehead atoms. The summed E-state index contributed by atoms with van der Waals surface area (Å²) in [5, 5.41) is 8.43. The lowest BCUT2D eigenvalue weighted by atomic mass is 9.79. The maximum atomic E-state index is 6.11. The minimum absolute atomic E-state index is 0.339. The van der Waals surface area contributed by atoms with Gasteiger partial charge >= 0.3 is 7.12 Å². The minimum atomic E-state index is -1.07. The van der Waals surface area contributed by atoms with Gasteiger partial charge in [-0.3, -0.25) is 0 Å². The van der Waals surface area contributed by atoms with Crippen molar-refractivity contribution in [1.82, 2.24) is 15.0 Å². The zero-order chi connectivity index (χ0) is 20.6. The standard InChI is InChI=1S/C20H32BN3O3Si/c1-19(2)20(3,4)27-21(26-19)17-10-8-16(9-11-17)18-14-24(23-22-18)15-25-12-13-28(5,6)7/h8-11,14H,12-13,15H2,1-7H3. The third-order valence-electron chi connectivity index (χ3n) is 5.49. The van der Waals surface area contributed by atoms with E-state index in [0.717, 1.165) is 29.4 Å². The largest absolute Gasteiger partial charge is 0.494 e. The molecule has 0 atom stereocenters. The Kier molecular flexibility index (Phi) is 5.87. The number of hydrogen-bond donors (Lipinski definition) is 0. The number of rotatable bonds is 7. The Bertz CT molecular complexity index is 784. The maximum absolute atomic E-state index is 6.11. The Morgan fingerprint density at radius 2 is 1.64 bits per heavy atom. The molecule has 0 aliphatic carbocycles. The van der Waals surface area contributed by atoms with Gasteiger partial charge in [0, 0.05) is 20.2 Å². The lowest BCUT2D eigenvalue weighted by Crippen LogP contribution is -2.41. The molecule has 2 aromatic rings. The third-order valence-corrected chi connectivity index (χ3v) is 7.19. The second kappa shape index (κ2) is 7.74. The molecule has 8 heteroatoms. The van der Waals surface area contributed by atoms with E-state index < -0.39 is 8.07 Å². The summed E-state index contributed by atoms with van der Waals surface area (Å²) in [7, 11) is -1.42. The van der Waals surface area contributed by atoms with Crippen molar-refractivity contribution in [2.24, 2.45) is 0 Å². The van der Waals surface area contributed by atoms with E-state index in [4.69, 9.17) is 14.0 Å². The molecule has 3 rings (SSSR count). The molecule has 0 radical (unpaired) electrons. The fourth-order valence-electron chi connectivity index (χ4n) is 2.82. The van der Waals surface area contributed by atoms with Crippen molar-refractivity contribution in [3.8, 4) is 11.3 Å². The molecule has 1 fully saturated rings. The molecule has 1 aromatic heterocycles. The van der Waals surface area contributed by atoms with Gasteiger partial charge in [-0.2, -0.15) is 0 Å². The molecule has 0 N–H and O–H groups in total. The van der Waals surface area contributed by atoms with Crippen molar-refractivity contribution in [1.29, 1.82) is 0 Å². The summed E-state index contributed by atoms with van der Waals surface area (Å²) in [6, 6.07) is 9.26. The average Bonchev–Trinajstić information content (AvgIpc) is 3.13. The van der Waals surface area contributed by atoms with Crippen molar-refractivity contribution in [3.63, 3.8) is 0 Å². The molecule has 0 unspecified atom stereocenters. The van der Waals surface area contributed by atoms with E-state index in [1.54, 1.807) is 4.68 Å². The summed E-state index contributed by atoms with van der Waals surface area (Å²) in [6.07, 6.45) is 1.91. The fourth-order valence-corrected chi connectivity index (χ4v) is 3.58. The van der Waals surface area contributed by atoms with Crippen LogP contribution in [0.5, 0.6) is 0 Å². The molecule has 2 heterocycles. The SMILES string of the molecule is CC1(C)OB(c2ccc(-c3cn(COCC[Si](C)(C)C)nn3)cc2)OC1(C)C. The monoisotopic (exact) mass is 401 g/mol. The van der Waals surface area contributed by atoms with Crippen LogP contribution in [-0.2, 0) is 20.8 Å². The molecular weight excluding hydrogens is 369 g/mol. The predicted octanol–water partition coefficient (Wildman–Crippen LogP) is 3.56. The average molecular weight is 401 g/mol. The first-order valence-corrected chi connectivity index (χ1v) is 13.6. The third kappa shape index (κ3) is 4.92. The summed E-state index contributed by atoms with van der Waals surface area (Å²) in [5.41, 5.74) is 2.16. The number of benzene rings is 1. The second-order valence-electron chi connectivity index (χ2n) is 9.70. The Morgan fingerprint density at radius 1 is 1.04 bits per heavy atom. The van der Waals surface area contributed by atoms with Crippen molar-refractivity contribution in [3.05, 3.63) is 30.5 Å². The van der Waals surface area contributed by atoms with Gasteiger partial charge in [-0.25, -0.2) is 4.68 Å². The van der Waals surface area contributed by atoms with Gasteiger partial charge in [-0.05, 0) is 39.2 Å².